The first-order chi connectivity index (χ1) is 8.94. The number of amides is 1. The van der Waals surface area contributed by atoms with Gasteiger partial charge in [0.1, 0.15) is 0 Å². The Morgan fingerprint density at radius 2 is 2.16 bits per heavy atom. The fourth-order valence-corrected chi connectivity index (χ4v) is 4.19. The number of hydrogen-bond acceptors (Lipinski definition) is 5. The van der Waals surface area contributed by atoms with Crippen LogP contribution in [-0.2, 0) is 14.6 Å². The molecule has 0 spiro atoms. The zero-order valence-corrected chi connectivity index (χ0v) is 11.9. The highest BCUT2D eigenvalue weighted by Crippen LogP contribution is 2.21. The summed E-state index contributed by atoms with van der Waals surface area (Å²) in [7, 11) is -3.03. The van der Waals surface area contributed by atoms with Crippen molar-refractivity contribution in [2.24, 2.45) is 0 Å². The summed E-state index contributed by atoms with van der Waals surface area (Å²) in [5.41, 5.74) is 1.74. The molecule has 2 aliphatic heterocycles. The number of rotatable bonds is 4. The van der Waals surface area contributed by atoms with Gasteiger partial charge in [-0.25, -0.2) is 8.42 Å². The van der Waals surface area contributed by atoms with Crippen LogP contribution in [0.15, 0.2) is 11.1 Å². The van der Waals surface area contributed by atoms with Gasteiger partial charge in [0.25, 0.3) is 0 Å². The lowest BCUT2D eigenvalue weighted by Gasteiger charge is -2.30. The lowest BCUT2D eigenvalue weighted by Crippen LogP contribution is -2.45. The molecule has 2 aliphatic rings. The summed E-state index contributed by atoms with van der Waals surface area (Å²) < 4.78 is 23.0. The molecule has 6 nitrogen and oxygen atoms in total. The Bertz CT molecular complexity index is 492. The number of hydrogen-bond donors (Lipinski definition) is 2. The summed E-state index contributed by atoms with van der Waals surface area (Å²) >= 11 is 0. The maximum atomic E-state index is 12.4. The van der Waals surface area contributed by atoms with E-state index in [1.54, 1.807) is 6.92 Å². The van der Waals surface area contributed by atoms with Crippen molar-refractivity contribution in [3.05, 3.63) is 11.1 Å². The molecule has 2 rings (SSSR count). The molecular weight excluding hydrogens is 268 g/mol. The van der Waals surface area contributed by atoms with E-state index in [4.69, 9.17) is 5.11 Å². The van der Waals surface area contributed by atoms with Gasteiger partial charge in [-0.15, -0.1) is 0 Å². The number of nitrogens with one attached hydrogen (secondary N) is 1. The van der Waals surface area contributed by atoms with E-state index in [-0.39, 0.29) is 36.6 Å². The van der Waals surface area contributed by atoms with Gasteiger partial charge in [-0.2, -0.15) is 0 Å². The molecule has 2 saturated heterocycles. The van der Waals surface area contributed by atoms with E-state index in [0.717, 1.165) is 5.57 Å². The van der Waals surface area contributed by atoms with Crippen LogP contribution < -0.4 is 5.32 Å². The third-order valence-electron chi connectivity index (χ3n) is 3.78. The first-order valence-corrected chi connectivity index (χ1v) is 8.28. The standard InChI is InChI=1S/C12H20N2O4S/c1-9(10-6-13-7-10)12(16)14(3-4-15)11-2-5-19(17,18)8-11/h11,13,15H,2-8H2,1H3. The van der Waals surface area contributed by atoms with Crippen molar-refractivity contribution >= 4 is 15.7 Å². The van der Waals surface area contributed by atoms with Gasteiger partial charge in [-0.05, 0) is 18.9 Å². The minimum atomic E-state index is -3.03. The Balaban J connectivity index is 2.14. The predicted octanol–water partition coefficient (Wildman–Crippen LogP) is -1.09. The Morgan fingerprint density at radius 3 is 2.58 bits per heavy atom. The van der Waals surface area contributed by atoms with Crippen LogP contribution >= 0.6 is 0 Å². The summed E-state index contributed by atoms with van der Waals surface area (Å²) in [5.74, 6) is -0.00318. The molecule has 2 N–H and O–H groups in total. The summed E-state index contributed by atoms with van der Waals surface area (Å²) in [4.78, 5) is 13.9. The number of nitrogens with zero attached hydrogens (tertiary/aromatic N) is 1. The van der Waals surface area contributed by atoms with E-state index in [0.29, 0.717) is 25.1 Å². The van der Waals surface area contributed by atoms with Crippen LogP contribution in [-0.4, -0.2) is 68.1 Å². The fraction of sp³-hybridized carbons (Fsp3) is 0.750. The lowest BCUT2D eigenvalue weighted by molar-refractivity contribution is -0.129. The van der Waals surface area contributed by atoms with Crippen LogP contribution in [0, 0.1) is 0 Å². The van der Waals surface area contributed by atoms with Crippen LogP contribution in [0.5, 0.6) is 0 Å². The minimum Gasteiger partial charge on any atom is -0.395 e. The van der Waals surface area contributed by atoms with Gasteiger partial charge in [0.05, 0.1) is 18.1 Å². The van der Waals surface area contributed by atoms with Crippen LogP contribution in [0.25, 0.3) is 0 Å². The molecule has 0 bridgehead atoms. The van der Waals surface area contributed by atoms with Crippen molar-refractivity contribution < 1.29 is 18.3 Å². The Kier molecular flexibility index (Phi) is 4.27. The van der Waals surface area contributed by atoms with Gasteiger partial charge in [0.2, 0.25) is 5.91 Å². The first-order valence-electron chi connectivity index (χ1n) is 6.46. The van der Waals surface area contributed by atoms with Crippen molar-refractivity contribution in [2.45, 2.75) is 19.4 Å². The van der Waals surface area contributed by atoms with Crippen LogP contribution in [0.1, 0.15) is 13.3 Å². The topological polar surface area (TPSA) is 86.7 Å². The largest absolute Gasteiger partial charge is 0.395 e. The number of carbonyl (C=O) groups excluding carboxylic acids is 1. The van der Waals surface area contributed by atoms with E-state index in [2.05, 4.69) is 5.32 Å². The third-order valence-corrected chi connectivity index (χ3v) is 5.53. The smallest absolute Gasteiger partial charge is 0.249 e. The maximum absolute atomic E-state index is 12.4. The highest BCUT2D eigenvalue weighted by atomic mass is 32.2. The van der Waals surface area contributed by atoms with Gasteiger partial charge in [-0.1, -0.05) is 0 Å². The van der Waals surface area contributed by atoms with E-state index >= 15 is 0 Å². The molecular formula is C12H20N2O4S. The Labute approximate surface area is 113 Å². The quantitative estimate of drug-likeness (QED) is 0.642. The van der Waals surface area contributed by atoms with E-state index in [1.807, 2.05) is 0 Å². The van der Waals surface area contributed by atoms with Gasteiger partial charge >= 0.3 is 0 Å². The average molecular weight is 288 g/mol. The summed E-state index contributed by atoms with van der Waals surface area (Å²) in [6.07, 6.45) is 0.467. The van der Waals surface area contributed by atoms with Crippen molar-refractivity contribution in [3.8, 4) is 0 Å². The molecule has 2 heterocycles. The number of sulfone groups is 1. The van der Waals surface area contributed by atoms with E-state index in [9.17, 15) is 13.2 Å². The minimum absolute atomic E-state index is 0.0135. The van der Waals surface area contributed by atoms with Gasteiger partial charge < -0.3 is 15.3 Å². The number of carbonyl (C=O) groups is 1. The van der Waals surface area contributed by atoms with Gasteiger partial charge in [0.15, 0.2) is 9.84 Å². The Morgan fingerprint density at radius 1 is 1.47 bits per heavy atom. The van der Waals surface area contributed by atoms with Crippen LogP contribution in [0.3, 0.4) is 0 Å². The SMILES string of the molecule is CC(C(=O)N(CCO)C1CCS(=O)(=O)C1)=C1CNC1. The molecule has 19 heavy (non-hydrogen) atoms. The average Bonchev–Trinajstić information content (AvgIpc) is 2.63. The van der Waals surface area contributed by atoms with E-state index in [1.165, 1.54) is 4.90 Å². The third kappa shape index (κ3) is 3.16. The molecule has 1 amide bonds. The number of aliphatic hydroxyl groups excluding tert-OH is 1. The lowest BCUT2D eigenvalue weighted by atomic mass is 10.0. The highest BCUT2D eigenvalue weighted by molar-refractivity contribution is 7.91. The first kappa shape index (κ1) is 14.5. The Hall–Kier alpha value is -0.920. The van der Waals surface area contributed by atoms with Crippen molar-refractivity contribution in [1.29, 1.82) is 0 Å². The second-order valence-corrected chi connectivity index (χ2v) is 7.34. The molecule has 2 fully saturated rings. The normalized spacial score (nSPS) is 24.9. The molecule has 0 aromatic heterocycles. The van der Waals surface area contributed by atoms with Crippen LogP contribution in [0.2, 0.25) is 0 Å². The predicted molar refractivity (Wildman–Crippen MR) is 71.4 cm³/mol. The summed E-state index contributed by atoms with van der Waals surface area (Å²) in [5, 5.41) is 12.2. The maximum Gasteiger partial charge on any atom is 0.249 e. The molecule has 0 aliphatic carbocycles. The van der Waals surface area contributed by atoms with Crippen molar-refractivity contribution in [1.82, 2.24) is 10.2 Å². The zero-order chi connectivity index (χ0) is 14.0. The molecule has 7 heteroatoms. The monoisotopic (exact) mass is 288 g/mol. The molecule has 0 aromatic carbocycles. The molecule has 108 valence electrons. The molecule has 0 saturated carbocycles. The molecule has 0 aromatic rings. The summed E-state index contributed by atoms with van der Waals surface area (Å²) in [6.45, 7) is 3.24. The van der Waals surface area contributed by atoms with Crippen LogP contribution in [0.4, 0.5) is 0 Å². The number of aliphatic hydroxyl groups is 1. The highest BCUT2D eigenvalue weighted by Gasteiger charge is 2.35. The molecule has 0 radical (unpaired) electrons. The second kappa shape index (κ2) is 5.60. The van der Waals surface area contributed by atoms with Gasteiger partial charge in [0, 0.05) is 31.2 Å². The zero-order valence-electron chi connectivity index (χ0n) is 11.1. The van der Waals surface area contributed by atoms with Crippen molar-refractivity contribution in [2.75, 3.05) is 37.7 Å². The van der Waals surface area contributed by atoms with E-state index < -0.39 is 9.84 Å². The molecule has 1 atom stereocenters. The molecule has 1 unspecified atom stereocenters. The van der Waals surface area contributed by atoms with Gasteiger partial charge in [-0.3, -0.25) is 4.79 Å². The summed E-state index contributed by atoms with van der Waals surface area (Å²) in [6, 6.07) is -0.298. The fourth-order valence-electron chi connectivity index (χ4n) is 2.46. The second-order valence-electron chi connectivity index (χ2n) is 5.11. The van der Waals surface area contributed by atoms with Crippen molar-refractivity contribution in [3.63, 3.8) is 0 Å².